The van der Waals surface area contributed by atoms with Gasteiger partial charge in [0.05, 0.1) is 11.4 Å². The van der Waals surface area contributed by atoms with Gasteiger partial charge in [0, 0.05) is 6.54 Å². The first-order chi connectivity index (χ1) is 11.8. The smallest absolute Gasteiger partial charge is 0.257 e. The summed E-state index contributed by atoms with van der Waals surface area (Å²) in [6.07, 6.45) is 2.49. The minimum Gasteiger partial charge on any atom is -0.393 e. The number of halogens is 2. The summed E-state index contributed by atoms with van der Waals surface area (Å²) in [4.78, 5) is 11.5. The van der Waals surface area contributed by atoms with Crippen molar-refractivity contribution in [2.75, 3.05) is 6.54 Å². The van der Waals surface area contributed by atoms with E-state index in [0.29, 0.717) is 19.3 Å². The van der Waals surface area contributed by atoms with Crippen molar-refractivity contribution in [3.8, 4) is 0 Å². The molecule has 1 atom stereocenters. The van der Waals surface area contributed by atoms with Gasteiger partial charge in [0.15, 0.2) is 15.7 Å². The summed E-state index contributed by atoms with van der Waals surface area (Å²) in [5.74, 6) is -3.49. The van der Waals surface area contributed by atoms with Crippen molar-refractivity contribution in [1.29, 1.82) is 0 Å². The van der Waals surface area contributed by atoms with Crippen molar-refractivity contribution < 1.29 is 27.1 Å². The van der Waals surface area contributed by atoms with Crippen LogP contribution in [0.25, 0.3) is 0 Å². The van der Waals surface area contributed by atoms with Crippen LogP contribution < -0.4 is 5.32 Å². The van der Waals surface area contributed by atoms with Crippen LogP contribution in [-0.2, 0) is 9.84 Å². The van der Waals surface area contributed by atoms with Crippen molar-refractivity contribution in [3.05, 3.63) is 29.3 Å². The van der Waals surface area contributed by atoms with E-state index in [1.807, 2.05) is 0 Å². The molecule has 1 aromatic rings. The summed E-state index contributed by atoms with van der Waals surface area (Å²) in [6, 6.07) is 1.69. The lowest BCUT2D eigenvalue weighted by atomic mass is 10.1. The third kappa shape index (κ3) is 4.36. The van der Waals surface area contributed by atoms with Gasteiger partial charge in [-0.2, -0.15) is 0 Å². The minimum atomic E-state index is -3.94. The number of rotatable bonds is 7. The molecule has 2 rings (SSSR count). The molecule has 1 fully saturated rings. The van der Waals surface area contributed by atoms with Crippen LogP contribution in [-0.4, -0.2) is 37.3 Å². The Labute approximate surface area is 146 Å². The van der Waals surface area contributed by atoms with E-state index in [4.69, 9.17) is 0 Å². The molecular weight excluding hydrogens is 352 g/mol. The molecular formula is C17H23F2NO4S. The van der Waals surface area contributed by atoms with E-state index in [0.717, 1.165) is 25.0 Å². The first kappa shape index (κ1) is 19.8. The molecule has 1 aromatic carbocycles. The molecule has 1 amide bonds. The number of aliphatic hydroxyl groups excluding tert-OH is 1. The highest BCUT2D eigenvalue weighted by Crippen LogP contribution is 2.32. The van der Waals surface area contributed by atoms with E-state index in [9.17, 15) is 27.1 Å². The number of hydrogen-bond acceptors (Lipinski definition) is 4. The standard InChI is InChI=1S/C17H23F2NO4S/c1-2-11(21)9-10-20-17(22)15-13(18)7-8-14(16(15)19)25(23,24)12-5-3-4-6-12/h7-8,11-12,21H,2-6,9-10H2,1H3,(H,20,22)/t11-/m0/s1. The summed E-state index contributed by atoms with van der Waals surface area (Å²) >= 11 is 0. The number of sulfone groups is 1. The molecule has 0 radical (unpaired) electrons. The lowest BCUT2D eigenvalue weighted by molar-refractivity contribution is 0.0933. The average molecular weight is 375 g/mol. The number of carbonyl (C=O) groups excluding carboxylic acids is 1. The second-order valence-corrected chi connectivity index (χ2v) is 8.49. The predicted octanol–water partition coefficient (Wildman–Crippen LogP) is 2.57. The fourth-order valence-electron chi connectivity index (χ4n) is 2.98. The van der Waals surface area contributed by atoms with Gasteiger partial charge < -0.3 is 10.4 Å². The first-order valence-electron chi connectivity index (χ1n) is 8.47. The number of aliphatic hydroxyl groups is 1. The van der Waals surface area contributed by atoms with Gasteiger partial charge >= 0.3 is 0 Å². The largest absolute Gasteiger partial charge is 0.393 e. The zero-order valence-corrected chi connectivity index (χ0v) is 14.9. The maximum Gasteiger partial charge on any atom is 0.257 e. The zero-order chi connectivity index (χ0) is 18.6. The minimum absolute atomic E-state index is 0.0341. The van der Waals surface area contributed by atoms with Crippen molar-refractivity contribution in [2.45, 2.75) is 61.7 Å². The SMILES string of the molecule is CC[C@H](O)CCNC(=O)c1c(F)ccc(S(=O)(=O)C2CCCC2)c1F. The van der Waals surface area contributed by atoms with Gasteiger partial charge in [0.2, 0.25) is 0 Å². The maximum absolute atomic E-state index is 14.7. The predicted molar refractivity (Wildman–Crippen MR) is 89.0 cm³/mol. The Morgan fingerprint density at radius 2 is 1.96 bits per heavy atom. The topological polar surface area (TPSA) is 83.5 Å². The monoisotopic (exact) mass is 375 g/mol. The molecule has 0 aliphatic heterocycles. The van der Waals surface area contributed by atoms with Crippen LogP contribution in [0.4, 0.5) is 8.78 Å². The van der Waals surface area contributed by atoms with Gasteiger partial charge in [-0.3, -0.25) is 4.79 Å². The van der Waals surface area contributed by atoms with E-state index in [1.165, 1.54) is 0 Å². The summed E-state index contributed by atoms with van der Waals surface area (Å²) < 4.78 is 53.7. The molecule has 1 aliphatic rings. The molecule has 0 bridgehead atoms. The molecule has 0 heterocycles. The Hall–Kier alpha value is -1.54. The summed E-state index contributed by atoms with van der Waals surface area (Å²) in [6.45, 7) is 1.80. The molecule has 25 heavy (non-hydrogen) atoms. The van der Waals surface area contributed by atoms with Crippen LogP contribution in [0.2, 0.25) is 0 Å². The van der Waals surface area contributed by atoms with Crippen LogP contribution >= 0.6 is 0 Å². The summed E-state index contributed by atoms with van der Waals surface area (Å²) in [7, 11) is -3.94. The summed E-state index contributed by atoms with van der Waals surface area (Å²) in [5, 5.41) is 11.1. The van der Waals surface area contributed by atoms with Gasteiger partial charge in [0.1, 0.15) is 16.3 Å². The summed E-state index contributed by atoms with van der Waals surface area (Å²) in [5.41, 5.74) is -0.898. The Bertz CT molecular complexity index is 730. The van der Waals surface area contributed by atoms with Crippen LogP contribution in [0.5, 0.6) is 0 Å². The molecule has 0 unspecified atom stereocenters. The maximum atomic E-state index is 14.7. The number of benzene rings is 1. The first-order valence-corrected chi connectivity index (χ1v) is 10.0. The molecule has 5 nitrogen and oxygen atoms in total. The van der Waals surface area contributed by atoms with Crippen molar-refractivity contribution in [2.24, 2.45) is 0 Å². The Morgan fingerprint density at radius 1 is 1.32 bits per heavy atom. The van der Waals surface area contributed by atoms with E-state index < -0.39 is 49.2 Å². The Morgan fingerprint density at radius 3 is 2.56 bits per heavy atom. The number of hydrogen-bond donors (Lipinski definition) is 2. The van der Waals surface area contributed by atoms with Gasteiger partial charge in [-0.15, -0.1) is 0 Å². The van der Waals surface area contributed by atoms with Crippen LogP contribution in [0.1, 0.15) is 55.8 Å². The lowest BCUT2D eigenvalue weighted by Crippen LogP contribution is -2.29. The average Bonchev–Trinajstić information content (AvgIpc) is 3.09. The number of nitrogens with one attached hydrogen (secondary N) is 1. The molecule has 0 saturated heterocycles. The third-order valence-corrected chi connectivity index (χ3v) is 6.84. The van der Waals surface area contributed by atoms with Crippen molar-refractivity contribution in [3.63, 3.8) is 0 Å². The quantitative estimate of drug-likeness (QED) is 0.718. The van der Waals surface area contributed by atoms with Crippen LogP contribution in [0, 0.1) is 11.6 Å². The highest BCUT2D eigenvalue weighted by atomic mass is 32.2. The highest BCUT2D eigenvalue weighted by Gasteiger charge is 2.34. The van der Waals surface area contributed by atoms with Gasteiger partial charge in [-0.1, -0.05) is 19.8 Å². The fourth-order valence-corrected chi connectivity index (χ4v) is 4.91. The number of carbonyl (C=O) groups is 1. The van der Waals surface area contributed by atoms with Crippen LogP contribution in [0.15, 0.2) is 17.0 Å². The van der Waals surface area contributed by atoms with Crippen LogP contribution in [0.3, 0.4) is 0 Å². The molecule has 0 aromatic heterocycles. The van der Waals surface area contributed by atoms with Gasteiger partial charge in [-0.05, 0) is 37.8 Å². The Balaban J connectivity index is 2.26. The van der Waals surface area contributed by atoms with E-state index in [-0.39, 0.29) is 13.0 Å². The second kappa shape index (κ2) is 8.23. The highest BCUT2D eigenvalue weighted by molar-refractivity contribution is 7.92. The van der Waals surface area contributed by atoms with E-state index >= 15 is 0 Å². The molecule has 2 N–H and O–H groups in total. The second-order valence-electron chi connectivity index (χ2n) is 6.29. The van der Waals surface area contributed by atoms with Gasteiger partial charge in [0.25, 0.3) is 5.91 Å². The molecule has 8 heteroatoms. The lowest BCUT2D eigenvalue weighted by Gasteiger charge is -2.15. The third-order valence-electron chi connectivity index (χ3n) is 4.56. The van der Waals surface area contributed by atoms with E-state index in [2.05, 4.69) is 5.32 Å². The zero-order valence-electron chi connectivity index (χ0n) is 14.1. The Kier molecular flexibility index (Phi) is 6.51. The number of amides is 1. The molecule has 0 spiro atoms. The van der Waals surface area contributed by atoms with Crippen molar-refractivity contribution in [1.82, 2.24) is 5.32 Å². The van der Waals surface area contributed by atoms with Crippen molar-refractivity contribution >= 4 is 15.7 Å². The fraction of sp³-hybridized carbons (Fsp3) is 0.588. The molecule has 1 aliphatic carbocycles. The molecule has 140 valence electrons. The van der Waals surface area contributed by atoms with E-state index in [1.54, 1.807) is 6.92 Å². The van der Waals surface area contributed by atoms with Gasteiger partial charge in [-0.25, -0.2) is 17.2 Å². The molecule has 1 saturated carbocycles. The normalized spacial score (nSPS) is 16.8.